The van der Waals surface area contributed by atoms with Crippen molar-refractivity contribution in [3.63, 3.8) is 0 Å². The molecule has 10 nitrogen and oxygen atoms in total. The molecule has 0 bridgehead atoms. The number of fused-ring (bicyclic) bond motifs is 1. The Kier molecular flexibility index (Phi) is 5.31. The van der Waals surface area contributed by atoms with Crippen LogP contribution in [0.5, 0.6) is 5.88 Å². The van der Waals surface area contributed by atoms with Gasteiger partial charge in [0.05, 0.1) is 24.8 Å². The summed E-state index contributed by atoms with van der Waals surface area (Å²) in [5.41, 5.74) is 6.03. The van der Waals surface area contributed by atoms with Crippen molar-refractivity contribution in [2.45, 2.75) is 25.1 Å². The van der Waals surface area contributed by atoms with E-state index in [0.29, 0.717) is 29.5 Å². The molecule has 176 valence electrons. The largest absolute Gasteiger partial charge is 0.487 e. The molecule has 2 aliphatic rings. The lowest BCUT2D eigenvalue weighted by Crippen LogP contribution is -2.34. The van der Waals surface area contributed by atoms with Gasteiger partial charge < -0.3 is 24.5 Å². The summed E-state index contributed by atoms with van der Waals surface area (Å²) in [6, 6.07) is 4.26. The first-order valence-corrected chi connectivity index (χ1v) is 10.7. The number of aromatic nitrogens is 4. The fourth-order valence-corrected chi connectivity index (χ4v) is 4.25. The van der Waals surface area contributed by atoms with Gasteiger partial charge in [-0.15, -0.1) is 0 Å². The first-order valence-electron chi connectivity index (χ1n) is 10.7. The van der Waals surface area contributed by atoms with E-state index in [4.69, 9.17) is 19.9 Å². The Balaban J connectivity index is 1.69. The van der Waals surface area contributed by atoms with Gasteiger partial charge in [-0.3, -0.25) is 9.59 Å². The van der Waals surface area contributed by atoms with Gasteiger partial charge in [0.15, 0.2) is 23.4 Å². The van der Waals surface area contributed by atoms with Crippen molar-refractivity contribution in [1.29, 1.82) is 0 Å². The summed E-state index contributed by atoms with van der Waals surface area (Å²) in [6.45, 7) is 2.38. The highest BCUT2D eigenvalue weighted by atomic mass is 19.1. The Morgan fingerprint density at radius 3 is 2.82 bits per heavy atom. The second-order valence-electron chi connectivity index (χ2n) is 7.97. The second kappa shape index (κ2) is 8.32. The molecule has 5 rings (SSSR count). The highest BCUT2D eigenvalue weighted by molar-refractivity contribution is 5.92. The van der Waals surface area contributed by atoms with Crippen molar-refractivity contribution >= 4 is 11.4 Å². The van der Waals surface area contributed by atoms with E-state index in [1.54, 1.807) is 37.4 Å². The number of hydrogen-bond acceptors (Lipinski definition) is 7. The molecule has 4 heterocycles. The van der Waals surface area contributed by atoms with Crippen LogP contribution in [0, 0.1) is 0 Å². The zero-order chi connectivity index (χ0) is 24.0. The summed E-state index contributed by atoms with van der Waals surface area (Å²) in [6.07, 6.45) is 4.82. The lowest BCUT2D eigenvalue weighted by Gasteiger charge is -2.31. The Bertz CT molecular complexity index is 1390. The van der Waals surface area contributed by atoms with Crippen LogP contribution in [0.15, 0.2) is 59.1 Å². The number of amides is 1. The number of carbonyl (C=O) groups is 1. The van der Waals surface area contributed by atoms with Gasteiger partial charge >= 0.3 is 0 Å². The van der Waals surface area contributed by atoms with Crippen LogP contribution >= 0.6 is 0 Å². The molecule has 1 aliphatic carbocycles. The predicted molar refractivity (Wildman–Crippen MR) is 118 cm³/mol. The van der Waals surface area contributed by atoms with E-state index >= 15 is 4.39 Å². The van der Waals surface area contributed by atoms with E-state index in [-0.39, 0.29) is 23.6 Å². The number of carbonyl (C=O) groups excluding carboxylic acids is 1. The van der Waals surface area contributed by atoms with E-state index in [2.05, 4.69) is 10.1 Å². The summed E-state index contributed by atoms with van der Waals surface area (Å²) < 4.78 is 34.6. The zero-order valence-corrected chi connectivity index (χ0v) is 18.5. The van der Waals surface area contributed by atoms with Gasteiger partial charge in [0.1, 0.15) is 18.7 Å². The third-order valence-corrected chi connectivity index (χ3v) is 6.00. The lowest BCUT2D eigenvalue weighted by molar-refractivity contribution is 0.0387. The van der Waals surface area contributed by atoms with E-state index < -0.39 is 29.6 Å². The molecule has 0 radical (unpaired) electrons. The standard InChI is InChI=1S/C23H22FN5O5/c1-12(13-3-6-19(32-2)26-10-13)29-17(11-28-16(23(29)31)9-15(27-28)22(25)30)14-4-5-18-21(20(14)24)34-8-7-33-18/h3-6,9-12,14,20H,7-8H2,1-2H3,(H2,25,30)/t12-,14?,20?/m1/s1. The Labute approximate surface area is 193 Å². The minimum atomic E-state index is -1.59. The fourth-order valence-electron chi connectivity index (χ4n) is 4.25. The molecule has 0 aromatic carbocycles. The van der Waals surface area contributed by atoms with Crippen LogP contribution in [0.25, 0.3) is 5.52 Å². The average Bonchev–Trinajstić information content (AvgIpc) is 3.29. The van der Waals surface area contributed by atoms with E-state index in [9.17, 15) is 9.59 Å². The average molecular weight is 467 g/mol. The molecule has 3 aromatic heterocycles. The van der Waals surface area contributed by atoms with Crippen LogP contribution in [-0.4, -0.2) is 51.6 Å². The van der Waals surface area contributed by atoms with E-state index in [0.717, 1.165) is 0 Å². The van der Waals surface area contributed by atoms with Gasteiger partial charge in [0.25, 0.3) is 11.5 Å². The lowest BCUT2D eigenvalue weighted by atomic mass is 9.92. The predicted octanol–water partition coefficient (Wildman–Crippen LogP) is 1.86. The van der Waals surface area contributed by atoms with Crippen LogP contribution in [0.2, 0.25) is 0 Å². The van der Waals surface area contributed by atoms with Crippen LogP contribution < -0.4 is 16.0 Å². The topological polar surface area (TPSA) is 123 Å². The fraction of sp³-hybridized carbons (Fsp3) is 0.304. The second-order valence-corrected chi connectivity index (χ2v) is 7.97. The SMILES string of the molecule is COc1ccc([C@@H](C)n2c(C3C=CC4=C(OCCO4)C3F)cn3nc(C(N)=O)cc3c2=O)cn1. The number of nitrogens with zero attached hydrogens (tertiary/aromatic N) is 4. The molecule has 11 heteroatoms. The van der Waals surface area contributed by atoms with Gasteiger partial charge in [-0.1, -0.05) is 12.1 Å². The molecule has 3 aromatic rings. The molecule has 0 saturated heterocycles. The monoisotopic (exact) mass is 467 g/mol. The number of hydrogen-bond donors (Lipinski definition) is 1. The third kappa shape index (κ3) is 3.49. The van der Waals surface area contributed by atoms with Crippen LogP contribution in [0.4, 0.5) is 4.39 Å². The summed E-state index contributed by atoms with van der Waals surface area (Å²) in [5, 5.41) is 4.12. The Hall–Kier alpha value is -4.15. The Morgan fingerprint density at radius 1 is 1.32 bits per heavy atom. The van der Waals surface area contributed by atoms with Crippen molar-refractivity contribution < 1.29 is 23.4 Å². The van der Waals surface area contributed by atoms with Gasteiger partial charge in [0, 0.05) is 24.5 Å². The number of ether oxygens (including phenoxy) is 3. The molecule has 1 amide bonds. The summed E-state index contributed by atoms with van der Waals surface area (Å²) in [7, 11) is 1.51. The van der Waals surface area contributed by atoms with Crippen molar-refractivity contribution in [2.75, 3.05) is 20.3 Å². The molecule has 2 N–H and O–H groups in total. The number of primary amides is 1. The third-order valence-electron chi connectivity index (χ3n) is 6.00. The van der Waals surface area contributed by atoms with Crippen molar-refractivity contribution in [3.8, 4) is 5.88 Å². The van der Waals surface area contributed by atoms with E-state index in [1.807, 2.05) is 0 Å². The molecule has 3 atom stereocenters. The first kappa shape index (κ1) is 21.7. The number of methoxy groups -OCH3 is 1. The minimum Gasteiger partial charge on any atom is -0.487 e. The smallest absolute Gasteiger partial charge is 0.277 e. The van der Waals surface area contributed by atoms with Gasteiger partial charge in [-0.2, -0.15) is 5.10 Å². The highest BCUT2D eigenvalue weighted by Gasteiger charge is 2.36. The number of alkyl halides is 1. The van der Waals surface area contributed by atoms with Gasteiger partial charge in [-0.05, 0) is 18.6 Å². The Morgan fingerprint density at radius 2 is 2.12 bits per heavy atom. The molecule has 0 spiro atoms. The maximum atomic E-state index is 15.7. The first-order chi connectivity index (χ1) is 16.4. The number of nitrogens with two attached hydrogens (primary N) is 1. The van der Waals surface area contributed by atoms with Crippen molar-refractivity contribution in [1.82, 2.24) is 19.2 Å². The molecule has 2 unspecified atom stereocenters. The maximum absolute atomic E-state index is 15.7. The van der Waals surface area contributed by atoms with Gasteiger partial charge in [0.2, 0.25) is 5.88 Å². The molecule has 0 saturated carbocycles. The number of pyridine rings is 1. The van der Waals surface area contributed by atoms with Crippen LogP contribution in [0.1, 0.15) is 40.6 Å². The van der Waals surface area contributed by atoms with Crippen LogP contribution in [-0.2, 0) is 9.47 Å². The molecule has 34 heavy (non-hydrogen) atoms. The number of halogens is 1. The maximum Gasteiger partial charge on any atom is 0.277 e. The quantitative estimate of drug-likeness (QED) is 0.608. The normalized spacial score (nSPS) is 20.4. The van der Waals surface area contributed by atoms with Gasteiger partial charge in [-0.25, -0.2) is 13.9 Å². The minimum absolute atomic E-state index is 0.0652. The molecule has 0 fully saturated rings. The zero-order valence-electron chi connectivity index (χ0n) is 18.5. The summed E-state index contributed by atoms with van der Waals surface area (Å²) in [4.78, 5) is 29.6. The number of rotatable bonds is 5. The summed E-state index contributed by atoms with van der Waals surface area (Å²) in [5.74, 6) is -0.782. The van der Waals surface area contributed by atoms with Crippen LogP contribution in [0.3, 0.4) is 0 Å². The number of allylic oxidation sites excluding steroid dienone is 3. The van der Waals surface area contributed by atoms with Crippen molar-refractivity contribution in [3.05, 3.63) is 81.6 Å². The highest BCUT2D eigenvalue weighted by Crippen LogP contribution is 2.37. The van der Waals surface area contributed by atoms with E-state index in [1.165, 1.54) is 28.5 Å². The summed E-state index contributed by atoms with van der Waals surface area (Å²) >= 11 is 0. The van der Waals surface area contributed by atoms with Crippen molar-refractivity contribution in [2.24, 2.45) is 5.73 Å². The molecular weight excluding hydrogens is 445 g/mol. The molecular formula is C23H22FN5O5. The molecule has 1 aliphatic heterocycles.